The second-order valence-electron chi connectivity index (χ2n) is 6.52. The van der Waals surface area contributed by atoms with Crippen LogP contribution in [0.25, 0.3) is 0 Å². The van der Waals surface area contributed by atoms with Crippen LogP contribution in [-0.4, -0.2) is 18.4 Å². The third-order valence-corrected chi connectivity index (χ3v) is 5.39. The summed E-state index contributed by atoms with van der Waals surface area (Å²) in [7, 11) is 0. The minimum atomic E-state index is -0.120. The Hall–Kier alpha value is -1.85. The largest absolute Gasteiger partial charge is 0.355 e. The van der Waals surface area contributed by atoms with E-state index >= 15 is 0 Å². The summed E-state index contributed by atoms with van der Waals surface area (Å²) in [5.41, 5.74) is 2.79. The van der Waals surface area contributed by atoms with Crippen LogP contribution in [0.3, 0.4) is 0 Å². The van der Waals surface area contributed by atoms with Gasteiger partial charge in [-0.05, 0) is 48.6 Å². The van der Waals surface area contributed by atoms with Gasteiger partial charge in [0.1, 0.15) is 0 Å². The molecular formula is C20H20BrClN2O2. The number of benzene rings is 2. The van der Waals surface area contributed by atoms with Crippen LogP contribution >= 0.6 is 27.5 Å². The number of halogens is 2. The van der Waals surface area contributed by atoms with E-state index in [1.807, 2.05) is 49.4 Å². The Kier molecular flexibility index (Phi) is 5.99. The van der Waals surface area contributed by atoms with Crippen molar-refractivity contribution < 1.29 is 9.59 Å². The van der Waals surface area contributed by atoms with Crippen molar-refractivity contribution in [1.82, 2.24) is 5.32 Å². The van der Waals surface area contributed by atoms with E-state index in [-0.39, 0.29) is 30.1 Å². The van der Waals surface area contributed by atoms with Gasteiger partial charge in [-0.1, -0.05) is 51.8 Å². The van der Waals surface area contributed by atoms with E-state index in [9.17, 15) is 9.59 Å². The molecule has 0 aromatic heterocycles. The fourth-order valence-corrected chi connectivity index (χ4v) is 3.61. The normalized spacial score (nSPS) is 18.3. The number of aryl methyl sites for hydroxylation is 1. The van der Waals surface area contributed by atoms with E-state index in [0.717, 1.165) is 27.7 Å². The molecule has 2 aromatic carbocycles. The van der Waals surface area contributed by atoms with Crippen molar-refractivity contribution in [2.75, 3.05) is 11.9 Å². The average Bonchev–Trinajstić information content (AvgIpc) is 3.39. The number of carbonyl (C=O) groups is 2. The minimum Gasteiger partial charge on any atom is -0.355 e. The van der Waals surface area contributed by atoms with E-state index in [2.05, 4.69) is 26.6 Å². The molecule has 0 aliphatic heterocycles. The predicted octanol–water partition coefficient (Wildman–Crippen LogP) is 4.66. The molecule has 136 valence electrons. The molecule has 6 heteroatoms. The second kappa shape index (κ2) is 8.23. The van der Waals surface area contributed by atoms with Crippen LogP contribution in [0.4, 0.5) is 5.69 Å². The number of hydrogen-bond donors (Lipinski definition) is 2. The maximum absolute atomic E-state index is 12.2. The minimum absolute atomic E-state index is 0.0126. The standard InChI is InChI=1S/C20H20BrClN2O2/c1-12-6-7-13(21)10-18(12)24-19(25)8-9-23-20(26)16-11-15(16)14-4-2-3-5-17(14)22/h2-7,10,15-16H,8-9,11H2,1H3,(H,23,26)(H,24,25). The summed E-state index contributed by atoms with van der Waals surface area (Å²) in [4.78, 5) is 24.3. The van der Waals surface area contributed by atoms with Crippen molar-refractivity contribution in [1.29, 1.82) is 0 Å². The molecule has 2 N–H and O–H groups in total. The Morgan fingerprint density at radius 3 is 2.77 bits per heavy atom. The molecule has 0 radical (unpaired) electrons. The zero-order valence-electron chi connectivity index (χ0n) is 14.4. The molecule has 2 aromatic rings. The summed E-state index contributed by atoms with van der Waals surface area (Å²) in [5, 5.41) is 6.43. The van der Waals surface area contributed by atoms with Crippen LogP contribution in [0.5, 0.6) is 0 Å². The first-order chi connectivity index (χ1) is 12.5. The van der Waals surface area contributed by atoms with Crippen LogP contribution in [0.15, 0.2) is 46.9 Å². The van der Waals surface area contributed by atoms with Crippen molar-refractivity contribution in [2.24, 2.45) is 5.92 Å². The maximum atomic E-state index is 12.2. The second-order valence-corrected chi connectivity index (χ2v) is 7.84. The smallest absolute Gasteiger partial charge is 0.226 e. The van der Waals surface area contributed by atoms with Gasteiger partial charge in [0.25, 0.3) is 0 Å². The van der Waals surface area contributed by atoms with Crippen molar-refractivity contribution in [3.8, 4) is 0 Å². The van der Waals surface area contributed by atoms with Gasteiger partial charge in [-0.3, -0.25) is 9.59 Å². The van der Waals surface area contributed by atoms with Gasteiger partial charge in [-0.2, -0.15) is 0 Å². The zero-order valence-corrected chi connectivity index (χ0v) is 16.7. The molecule has 2 atom stereocenters. The van der Waals surface area contributed by atoms with Gasteiger partial charge in [0, 0.05) is 34.1 Å². The monoisotopic (exact) mass is 434 g/mol. The first-order valence-corrected chi connectivity index (χ1v) is 9.71. The fourth-order valence-electron chi connectivity index (χ4n) is 2.98. The summed E-state index contributed by atoms with van der Waals surface area (Å²) in [6, 6.07) is 13.4. The van der Waals surface area contributed by atoms with Crippen molar-refractivity contribution in [2.45, 2.75) is 25.7 Å². The number of amides is 2. The third-order valence-electron chi connectivity index (χ3n) is 4.56. The van der Waals surface area contributed by atoms with Gasteiger partial charge in [0.15, 0.2) is 0 Å². The van der Waals surface area contributed by atoms with Crippen molar-refractivity contribution in [3.05, 3.63) is 63.1 Å². The maximum Gasteiger partial charge on any atom is 0.226 e. The van der Waals surface area contributed by atoms with Crippen molar-refractivity contribution in [3.63, 3.8) is 0 Å². The fraction of sp³-hybridized carbons (Fsp3) is 0.300. The highest BCUT2D eigenvalue weighted by Gasteiger charge is 2.44. The van der Waals surface area contributed by atoms with Gasteiger partial charge < -0.3 is 10.6 Å². The lowest BCUT2D eigenvalue weighted by Crippen LogP contribution is -2.29. The Morgan fingerprint density at radius 2 is 2.00 bits per heavy atom. The van der Waals surface area contributed by atoms with E-state index < -0.39 is 0 Å². The molecule has 3 rings (SSSR count). The lowest BCUT2D eigenvalue weighted by molar-refractivity contribution is -0.122. The number of nitrogens with one attached hydrogen (secondary N) is 2. The van der Waals surface area contributed by atoms with Crippen LogP contribution in [0, 0.1) is 12.8 Å². The Morgan fingerprint density at radius 1 is 1.23 bits per heavy atom. The first kappa shape index (κ1) is 18.9. The molecule has 4 nitrogen and oxygen atoms in total. The Bertz CT molecular complexity index is 840. The SMILES string of the molecule is Cc1ccc(Br)cc1NC(=O)CCNC(=O)C1CC1c1ccccc1Cl. The van der Waals surface area contributed by atoms with Gasteiger partial charge in [0.2, 0.25) is 11.8 Å². The van der Waals surface area contributed by atoms with Crippen LogP contribution < -0.4 is 10.6 Å². The molecule has 1 saturated carbocycles. The lowest BCUT2D eigenvalue weighted by atomic mass is 10.1. The first-order valence-electron chi connectivity index (χ1n) is 8.54. The Balaban J connectivity index is 1.44. The molecule has 0 heterocycles. The molecule has 1 fully saturated rings. The summed E-state index contributed by atoms with van der Waals surface area (Å²) in [5.74, 6) is -0.00145. The quantitative estimate of drug-likeness (QED) is 0.693. The number of anilines is 1. The van der Waals surface area contributed by atoms with E-state index in [0.29, 0.717) is 11.6 Å². The Labute approximate surface area is 166 Å². The number of hydrogen-bond acceptors (Lipinski definition) is 2. The predicted molar refractivity (Wildman–Crippen MR) is 107 cm³/mol. The lowest BCUT2D eigenvalue weighted by Gasteiger charge is -2.09. The van der Waals surface area contributed by atoms with E-state index in [4.69, 9.17) is 11.6 Å². The molecule has 0 bridgehead atoms. The number of rotatable bonds is 6. The van der Waals surface area contributed by atoms with E-state index in [1.54, 1.807) is 0 Å². The molecule has 2 unspecified atom stereocenters. The van der Waals surface area contributed by atoms with Gasteiger partial charge in [0.05, 0.1) is 0 Å². The van der Waals surface area contributed by atoms with Gasteiger partial charge in [-0.15, -0.1) is 0 Å². The highest BCUT2D eigenvalue weighted by Crippen LogP contribution is 2.49. The molecule has 1 aliphatic carbocycles. The third kappa shape index (κ3) is 4.65. The number of carbonyl (C=O) groups excluding carboxylic acids is 2. The molecule has 26 heavy (non-hydrogen) atoms. The highest BCUT2D eigenvalue weighted by atomic mass is 79.9. The zero-order chi connectivity index (χ0) is 18.7. The van der Waals surface area contributed by atoms with Gasteiger partial charge >= 0.3 is 0 Å². The van der Waals surface area contributed by atoms with Crippen LogP contribution in [0.2, 0.25) is 5.02 Å². The average molecular weight is 436 g/mol. The summed E-state index contributed by atoms with van der Waals surface area (Å²) in [6.07, 6.45) is 1.04. The summed E-state index contributed by atoms with van der Waals surface area (Å²) >= 11 is 9.58. The van der Waals surface area contributed by atoms with Crippen molar-refractivity contribution >= 4 is 45.0 Å². The van der Waals surface area contributed by atoms with Crippen LogP contribution in [0.1, 0.15) is 29.9 Å². The molecule has 0 saturated heterocycles. The topological polar surface area (TPSA) is 58.2 Å². The van der Waals surface area contributed by atoms with Gasteiger partial charge in [-0.25, -0.2) is 0 Å². The molecule has 1 aliphatic rings. The summed E-state index contributed by atoms with van der Waals surface area (Å²) in [6.45, 7) is 2.26. The highest BCUT2D eigenvalue weighted by molar-refractivity contribution is 9.10. The molecular weight excluding hydrogens is 416 g/mol. The van der Waals surface area contributed by atoms with Crippen LogP contribution in [-0.2, 0) is 9.59 Å². The summed E-state index contributed by atoms with van der Waals surface area (Å²) < 4.78 is 0.908. The molecule has 2 amide bonds. The molecule has 0 spiro atoms. The van der Waals surface area contributed by atoms with E-state index in [1.165, 1.54) is 0 Å².